The highest BCUT2D eigenvalue weighted by Gasteiger charge is 2.19. The molecular weight excluding hydrogens is 294 g/mol. The molecule has 2 heterocycles. The van der Waals surface area contributed by atoms with E-state index >= 15 is 0 Å². The lowest BCUT2D eigenvalue weighted by atomic mass is 10.1. The van der Waals surface area contributed by atoms with E-state index in [-0.39, 0.29) is 21.8 Å². The van der Waals surface area contributed by atoms with Crippen molar-refractivity contribution in [2.75, 3.05) is 0 Å². The minimum Gasteiger partial charge on any atom is -0.397 e. The van der Waals surface area contributed by atoms with Gasteiger partial charge < -0.3 is 4.42 Å². The number of pyridine rings is 1. The quantitative estimate of drug-likeness (QED) is 0.576. The topological polar surface area (TPSA) is 94.8 Å². The van der Waals surface area contributed by atoms with Gasteiger partial charge in [0.1, 0.15) is 5.56 Å². The number of hydrogen-bond acceptors (Lipinski definition) is 4. The number of rotatable bonds is 2. The first-order valence-electron chi connectivity index (χ1n) is 5.98. The molecule has 0 saturated heterocycles. The van der Waals surface area contributed by atoms with Crippen LogP contribution in [0.15, 0.2) is 47.0 Å². The van der Waals surface area contributed by atoms with Gasteiger partial charge in [0.25, 0.3) is 0 Å². The fraction of sp³-hybridized carbons (Fsp3) is 0. The molecule has 0 bridgehead atoms. The van der Waals surface area contributed by atoms with Crippen LogP contribution in [0.4, 0.5) is 5.69 Å². The Morgan fingerprint density at radius 2 is 2.10 bits per heavy atom. The van der Waals surface area contributed by atoms with Gasteiger partial charge in [0.15, 0.2) is 0 Å². The van der Waals surface area contributed by atoms with Crippen molar-refractivity contribution in [3.05, 3.63) is 63.3 Å². The molecule has 0 aliphatic carbocycles. The Balaban J connectivity index is 2.35. The van der Waals surface area contributed by atoms with E-state index in [1.54, 1.807) is 30.5 Å². The van der Waals surface area contributed by atoms with Crippen LogP contribution >= 0.6 is 11.6 Å². The van der Waals surface area contributed by atoms with Crippen molar-refractivity contribution < 1.29 is 14.7 Å². The number of nitro benzene ring substituents is 1. The molecule has 0 atom stereocenters. The van der Waals surface area contributed by atoms with Gasteiger partial charge in [0.2, 0.25) is 5.58 Å². The lowest BCUT2D eigenvalue weighted by molar-refractivity contribution is -0.383. The number of hydrogen-bond donors (Lipinski definition) is 1. The Hall–Kier alpha value is -2.73. The van der Waals surface area contributed by atoms with Crippen molar-refractivity contribution in [1.82, 2.24) is 4.98 Å². The van der Waals surface area contributed by atoms with E-state index in [9.17, 15) is 10.1 Å². The largest absolute Gasteiger partial charge is 0.397 e. The minimum absolute atomic E-state index is 0.0617. The molecule has 3 rings (SSSR count). The van der Waals surface area contributed by atoms with Crippen LogP contribution in [0.2, 0.25) is 5.02 Å². The Kier molecular flexibility index (Phi) is 3.15. The van der Waals surface area contributed by atoms with Gasteiger partial charge in [-0.05, 0) is 24.3 Å². The van der Waals surface area contributed by atoms with Gasteiger partial charge in [-0.25, -0.2) is 5.41 Å². The first-order chi connectivity index (χ1) is 10.1. The van der Waals surface area contributed by atoms with Crippen molar-refractivity contribution in [3.63, 3.8) is 0 Å². The van der Waals surface area contributed by atoms with Crippen molar-refractivity contribution in [2.24, 2.45) is 0 Å². The molecule has 0 spiro atoms. The van der Waals surface area contributed by atoms with Gasteiger partial charge in [-0.3, -0.25) is 15.1 Å². The van der Waals surface area contributed by atoms with Crippen LogP contribution in [0.3, 0.4) is 0 Å². The maximum Gasteiger partial charge on any atom is 0.374 e. The Labute approximate surface area is 123 Å². The molecule has 0 fully saturated rings. The number of nitrogens with two attached hydrogens (primary N) is 1. The van der Waals surface area contributed by atoms with E-state index < -0.39 is 4.92 Å². The molecule has 104 valence electrons. The average molecular weight is 303 g/mol. The second-order valence-corrected chi connectivity index (χ2v) is 4.78. The van der Waals surface area contributed by atoms with Crippen LogP contribution in [0.1, 0.15) is 0 Å². The van der Waals surface area contributed by atoms with E-state index in [2.05, 4.69) is 4.98 Å². The number of nitrogens with zero attached hydrogens (tertiary/aromatic N) is 2. The summed E-state index contributed by atoms with van der Waals surface area (Å²) in [4.78, 5) is 14.7. The van der Waals surface area contributed by atoms with Crippen LogP contribution in [-0.2, 0) is 0 Å². The van der Waals surface area contributed by atoms with Crippen LogP contribution in [0, 0.1) is 10.1 Å². The van der Waals surface area contributed by atoms with Crippen molar-refractivity contribution in [1.29, 1.82) is 0 Å². The molecule has 0 radical (unpaired) electrons. The standard InChI is InChI=1S/C14H8ClN3O3/c15-9-5-8-6-10(11-3-1-2-4-17-11)14(16)21-13(8)12(7-9)18(19)20/h1-7,16H/p+1. The highest BCUT2D eigenvalue weighted by molar-refractivity contribution is 6.31. The summed E-state index contributed by atoms with van der Waals surface area (Å²) in [6.45, 7) is 0. The minimum atomic E-state index is -0.558. The molecule has 2 aromatic heterocycles. The third kappa shape index (κ3) is 2.36. The summed E-state index contributed by atoms with van der Waals surface area (Å²) in [6.07, 6.45) is 1.62. The van der Waals surface area contributed by atoms with E-state index in [1.165, 1.54) is 6.07 Å². The molecule has 6 nitrogen and oxygen atoms in total. The summed E-state index contributed by atoms with van der Waals surface area (Å²) >= 11 is 5.91. The Bertz CT molecular complexity index is 906. The van der Waals surface area contributed by atoms with E-state index in [1.807, 2.05) is 6.07 Å². The molecule has 1 aromatic carbocycles. The summed E-state index contributed by atoms with van der Waals surface area (Å²) in [7, 11) is 0. The van der Waals surface area contributed by atoms with Crippen LogP contribution < -0.4 is 11.0 Å². The van der Waals surface area contributed by atoms with E-state index in [0.717, 1.165) is 0 Å². The second-order valence-electron chi connectivity index (χ2n) is 4.34. The SMILES string of the molecule is [NH2+]=c1oc2c([N+](=O)[O-])cc(Cl)cc2cc1-c1ccccn1. The van der Waals surface area contributed by atoms with Gasteiger partial charge in [-0.15, -0.1) is 0 Å². The van der Waals surface area contributed by atoms with Gasteiger partial charge in [-0.2, -0.15) is 0 Å². The fourth-order valence-corrected chi connectivity index (χ4v) is 2.29. The summed E-state index contributed by atoms with van der Waals surface area (Å²) < 4.78 is 5.43. The zero-order valence-corrected chi connectivity index (χ0v) is 11.4. The predicted octanol–water partition coefficient (Wildman–Crippen LogP) is 1.72. The summed E-state index contributed by atoms with van der Waals surface area (Å²) in [5, 5.41) is 17.7. The van der Waals surface area contributed by atoms with E-state index in [4.69, 9.17) is 21.4 Å². The zero-order chi connectivity index (χ0) is 15.0. The molecule has 0 aliphatic rings. The van der Waals surface area contributed by atoms with Crippen LogP contribution in [0.5, 0.6) is 0 Å². The molecule has 7 heteroatoms. The normalized spacial score (nSPS) is 10.7. The molecule has 0 unspecified atom stereocenters. The third-order valence-electron chi connectivity index (χ3n) is 2.98. The molecule has 21 heavy (non-hydrogen) atoms. The number of benzene rings is 1. The van der Waals surface area contributed by atoms with Crippen LogP contribution in [0.25, 0.3) is 22.2 Å². The molecule has 0 saturated carbocycles. The van der Waals surface area contributed by atoms with Gasteiger partial charge in [0, 0.05) is 22.7 Å². The molecule has 0 aliphatic heterocycles. The Morgan fingerprint density at radius 3 is 2.76 bits per heavy atom. The molecular formula is C14H9ClN3O3+. The lowest BCUT2D eigenvalue weighted by Gasteiger charge is -2.02. The second kappa shape index (κ2) is 4.99. The van der Waals surface area contributed by atoms with Crippen molar-refractivity contribution in [2.45, 2.75) is 0 Å². The molecule has 2 N–H and O–H groups in total. The first-order valence-corrected chi connectivity index (χ1v) is 6.36. The number of fused-ring (bicyclic) bond motifs is 1. The monoisotopic (exact) mass is 302 g/mol. The maximum atomic E-state index is 11.1. The smallest absolute Gasteiger partial charge is 0.374 e. The molecule has 0 amide bonds. The summed E-state index contributed by atoms with van der Waals surface area (Å²) in [5.74, 6) is 0. The predicted molar refractivity (Wildman–Crippen MR) is 76.2 cm³/mol. The van der Waals surface area contributed by atoms with Crippen molar-refractivity contribution >= 4 is 28.3 Å². The number of aromatic nitrogens is 1. The van der Waals surface area contributed by atoms with Gasteiger partial charge in [-0.1, -0.05) is 17.7 Å². The highest BCUT2D eigenvalue weighted by atomic mass is 35.5. The number of halogens is 1. The van der Waals surface area contributed by atoms with Crippen molar-refractivity contribution in [3.8, 4) is 11.3 Å². The molecule has 3 aromatic rings. The van der Waals surface area contributed by atoms with Gasteiger partial charge in [0.05, 0.1) is 10.6 Å². The lowest BCUT2D eigenvalue weighted by Crippen LogP contribution is -2.45. The van der Waals surface area contributed by atoms with E-state index in [0.29, 0.717) is 16.6 Å². The highest BCUT2D eigenvalue weighted by Crippen LogP contribution is 2.30. The van der Waals surface area contributed by atoms with Crippen LogP contribution in [-0.4, -0.2) is 9.91 Å². The average Bonchev–Trinajstić information content (AvgIpc) is 2.47. The number of nitro groups is 1. The zero-order valence-electron chi connectivity index (χ0n) is 10.6. The number of non-ortho nitro benzene ring substituents is 1. The maximum absolute atomic E-state index is 11.1. The summed E-state index contributed by atoms with van der Waals surface area (Å²) in [6, 6.07) is 9.85. The third-order valence-corrected chi connectivity index (χ3v) is 3.20. The summed E-state index contributed by atoms with van der Waals surface area (Å²) in [5.41, 5.74) is 1.09. The fourth-order valence-electron chi connectivity index (χ4n) is 2.07. The first kappa shape index (κ1) is 13.3. The van der Waals surface area contributed by atoms with Gasteiger partial charge >= 0.3 is 11.2 Å². The Morgan fingerprint density at radius 1 is 1.29 bits per heavy atom.